The molecule has 3 atom stereocenters. The predicted octanol–water partition coefficient (Wildman–Crippen LogP) is 3.61. The van der Waals surface area contributed by atoms with Gasteiger partial charge in [-0.15, -0.1) is 11.3 Å². The molecule has 0 spiro atoms. The molecule has 1 saturated heterocycles. The molecule has 8 heteroatoms. The van der Waals surface area contributed by atoms with Gasteiger partial charge in [-0.2, -0.15) is 0 Å². The van der Waals surface area contributed by atoms with Crippen LogP contribution >= 0.6 is 11.3 Å². The molecule has 2 aromatic heterocycles. The van der Waals surface area contributed by atoms with E-state index in [1.54, 1.807) is 0 Å². The topological polar surface area (TPSA) is 76.6 Å². The number of hydrogen-bond acceptors (Lipinski definition) is 8. The summed E-state index contributed by atoms with van der Waals surface area (Å²) in [6.45, 7) is 5.65. The summed E-state index contributed by atoms with van der Waals surface area (Å²) < 4.78 is 11.2. The van der Waals surface area contributed by atoms with Crippen LogP contribution in [0.2, 0.25) is 0 Å². The number of esters is 1. The van der Waals surface area contributed by atoms with E-state index in [0.717, 1.165) is 59.7 Å². The van der Waals surface area contributed by atoms with Crippen LogP contribution in [-0.4, -0.2) is 60.3 Å². The second kappa shape index (κ2) is 8.53. The molecule has 7 nitrogen and oxygen atoms in total. The van der Waals surface area contributed by atoms with Gasteiger partial charge in [0, 0.05) is 18.6 Å². The minimum Gasteiger partial charge on any atom is -0.462 e. The quantitative estimate of drug-likeness (QED) is 0.718. The molecule has 0 amide bonds. The fraction of sp³-hybridized carbons (Fsp3) is 0.667. The van der Waals surface area contributed by atoms with Gasteiger partial charge < -0.3 is 19.7 Å². The zero-order chi connectivity index (χ0) is 20.5. The van der Waals surface area contributed by atoms with Gasteiger partial charge >= 0.3 is 5.97 Å². The van der Waals surface area contributed by atoms with Crippen molar-refractivity contribution in [2.24, 2.45) is 5.92 Å². The summed E-state index contributed by atoms with van der Waals surface area (Å²) in [7, 11) is 4.01. The molecule has 4 rings (SSSR count). The summed E-state index contributed by atoms with van der Waals surface area (Å²) in [5.74, 6) is 1.84. The lowest BCUT2D eigenvalue weighted by Gasteiger charge is -2.33. The van der Waals surface area contributed by atoms with Crippen molar-refractivity contribution in [1.82, 2.24) is 14.9 Å². The number of rotatable bonds is 6. The highest BCUT2D eigenvalue weighted by molar-refractivity contribution is 7.20. The molecule has 2 aliphatic rings. The summed E-state index contributed by atoms with van der Waals surface area (Å²) in [6.07, 6.45) is 4.88. The van der Waals surface area contributed by atoms with E-state index in [4.69, 9.17) is 19.4 Å². The minimum absolute atomic E-state index is 0.282. The van der Waals surface area contributed by atoms with E-state index in [-0.39, 0.29) is 5.97 Å². The van der Waals surface area contributed by atoms with Crippen molar-refractivity contribution in [3.63, 3.8) is 0 Å². The predicted molar refractivity (Wildman–Crippen MR) is 115 cm³/mol. The Morgan fingerprint density at radius 1 is 1.31 bits per heavy atom. The molecule has 1 N–H and O–H groups in total. The Balaban J connectivity index is 1.74. The number of aromatic nitrogens is 2. The smallest absolute Gasteiger partial charge is 0.348 e. The number of aryl methyl sites for hydroxylation is 1. The van der Waals surface area contributed by atoms with Crippen molar-refractivity contribution in [2.75, 3.05) is 32.6 Å². The zero-order valence-electron chi connectivity index (χ0n) is 17.7. The van der Waals surface area contributed by atoms with Crippen LogP contribution in [0.25, 0.3) is 10.2 Å². The number of ether oxygens (including phenoxy) is 2. The van der Waals surface area contributed by atoms with Gasteiger partial charge in [-0.1, -0.05) is 0 Å². The molecule has 158 valence electrons. The van der Waals surface area contributed by atoms with Crippen molar-refractivity contribution in [3.8, 4) is 0 Å². The number of carbonyl (C=O) groups excluding carboxylic acids is 1. The van der Waals surface area contributed by atoms with Gasteiger partial charge in [0.1, 0.15) is 21.3 Å². The highest BCUT2D eigenvalue weighted by Gasteiger charge is 2.38. The normalized spacial score (nSPS) is 24.1. The van der Waals surface area contributed by atoms with Crippen molar-refractivity contribution < 1.29 is 14.3 Å². The third-order valence-electron chi connectivity index (χ3n) is 5.86. The highest BCUT2D eigenvalue weighted by Crippen LogP contribution is 2.39. The van der Waals surface area contributed by atoms with Crippen molar-refractivity contribution in [3.05, 3.63) is 16.3 Å². The maximum Gasteiger partial charge on any atom is 0.348 e. The Kier molecular flexibility index (Phi) is 6.03. The Labute approximate surface area is 175 Å². The van der Waals surface area contributed by atoms with E-state index in [9.17, 15) is 4.79 Å². The molecule has 3 unspecified atom stereocenters. The van der Waals surface area contributed by atoms with Crippen LogP contribution in [0.4, 0.5) is 5.82 Å². The van der Waals surface area contributed by atoms with Crippen molar-refractivity contribution in [2.45, 2.75) is 58.2 Å². The SMILES string of the molecule is CCOC(=O)c1sc2nc(CN(C)C)nc(NC3CCCC4OCCC34)c2c1C. The number of thiophene rings is 1. The van der Waals surface area contributed by atoms with E-state index in [2.05, 4.69) is 10.2 Å². The molecule has 2 aromatic rings. The van der Waals surface area contributed by atoms with E-state index in [1.165, 1.54) is 11.3 Å². The van der Waals surface area contributed by atoms with Crippen molar-refractivity contribution >= 4 is 33.3 Å². The van der Waals surface area contributed by atoms with Gasteiger partial charge in [-0.3, -0.25) is 0 Å². The third kappa shape index (κ3) is 4.11. The minimum atomic E-state index is -0.282. The van der Waals surface area contributed by atoms with Crippen LogP contribution in [-0.2, 0) is 16.0 Å². The lowest BCUT2D eigenvalue weighted by molar-refractivity contribution is 0.0531. The molecule has 3 heterocycles. The molecule has 0 radical (unpaired) electrons. The molecular formula is C21H30N4O3S. The first kappa shape index (κ1) is 20.5. The maximum atomic E-state index is 12.4. The number of fused-ring (bicyclic) bond motifs is 2. The van der Waals surface area contributed by atoms with Crippen LogP contribution in [0.5, 0.6) is 0 Å². The number of hydrogen-bond donors (Lipinski definition) is 1. The van der Waals surface area contributed by atoms with Crippen LogP contribution in [0, 0.1) is 12.8 Å². The Morgan fingerprint density at radius 3 is 2.90 bits per heavy atom. The molecule has 1 aliphatic carbocycles. The zero-order valence-corrected chi connectivity index (χ0v) is 18.5. The van der Waals surface area contributed by atoms with Gasteiger partial charge in [0.15, 0.2) is 0 Å². The Hall–Kier alpha value is -1.77. The second-order valence-electron chi connectivity index (χ2n) is 8.23. The Bertz CT molecular complexity index is 898. The van der Waals surface area contributed by atoms with Crippen LogP contribution in [0.1, 0.15) is 53.7 Å². The molecule has 1 aliphatic heterocycles. The van der Waals surface area contributed by atoms with E-state index < -0.39 is 0 Å². The van der Waals surface area contributed by atoms with Crippen LogP contribution in [0.15, 0.2) is 0 Å². The summed E-state index contributed by atoms with van der Waals surface area (Å²) in [4.78, 5) is 25.6. The van der Waals surface area contributed by atoms with Gasteiger partial charge in [0.05, 0.1) is 24.6 Å². The highest BCUT2D eigenvalue weighted by atomic mass is 32.1. The van der Waals surface area contributed by atoms with E-state index >= 15 is 0 Å². The number of nitrogens with zero attached hydrogens (tertiary/aromatic N) is 3. The number of nitrogens with one attached hydrogen (secondary N) is 1. The molecule has 0 bridgehead atoms. The number of carbonyl (C=O) groups is 1. The first-order valence-electron chi connectivity index (χ1n) is 10.5. The van der Waals surface area contributed by atoms with Gasteiger partial charge in [-0.05, 0) is 59.2 Å². The third-order valence-corrected chi connectivity index (χ3v) is 7.02. The monoisotopic (exact) mass is 418 g/mol. The summed E-state index contributed by atoms with van der Waals surface area (Å²) in [5, 5.41) is 4.68. The molecule has 0 aromatic carbocycles. The summed E-state index contributed by atoms with van der Waals surface area (Å²) >= 11 is 1.40. The Morgan fingerprint density at radius 2 is 2.14 bits per heavy atom. The molecular weight excluding hydrogens is 388 g/mol. The molecule has 1 saturated carbocycles. The van der Waals surface area contributed by atoms with Crippen LogP contribution < -0.4 is 5.32 Å². The maximum absolute atomic E-state index is 12.4. The van der Waals surface area contributed by atoms with Crippen LogP contribution in [0.3, 0.4) is 0 Å². The molecule has 29 heavy (non-hydrogen) atoms. The lowest BCUT2D eigenvalue weighted by Crippen LogP contribution is -2.38. The first-order chi connectivity index (χ1) is 14.0. The van der Waals surface area contributed by atoms with E-state index in [0.29, 0.717) is 36.1 Å². The van der Waals surface area contributed by atoms with Gasteiger partial charge in [-0.25, -0.2) is 14.8 Å². The number of anilines is 1. The standard InChI is InChI=1S/C21H30N4O3S/c1-5-27-21(26)18-12(2)17-19(23-16(11-25(3)4)24-20(17)29-18)22-14-7-6-8-15-13(14)9-10-28-15/h13-15H,5-11H2,1-4H3,(H,22,23,24). The molecule has 2 fully saturated rings. The van der Waals surface area contributed by atoms with Gasteiger partial charge in [0.2, 0.25) is 0 Å². The van der Waals surface area contributed by atoms with E-state index in [1.807, 2.05) is 27.9 Å². The largest absolute Gasteiger partial charge is 0.462 e. The fourth-order valence-electron chi connectivity index (χ4n) is 4.56. The van der Waals surface area contributed by atoms with Crippen molar-refractivity contribution in [1.29, 1.82) is 0 Å². The summed E-state index contributed by atoms with van der Waals surface area (Å²) in [5.41, 5.74) is 0.900. The van der Waals surface area contributed by atoms with Gasteiger partial charge in [0.25, 0.3) is 0 Å². The average Bonchev–Trinajstić information content (AvgIpc) is 3.27. The summed E-state index contributed by atoms with van der Waals surface area (Å²) in [6, 6.07) is 0.340. The average molecular weight is 419 g/mol. The first-order valence-corrected chi connectivity index (χ1v) is 11.3. The second-order valence-corrected chi connectivity index (χ2v) is 9.23. The lowest BCUT2D eigenvalue weighted by atomic mass is 9.82. The fourth-order valence-corrected chi connectivity index (χ4v) is 5.66.